The maximum atomic E-state index is 12.7. The normalized spacial score (nSPS) is 18.8. The molecule has 0 aliphatic carbocycles. The maximum Gasteiger partial charge on any atom is 1.00 e. The smallest absolute Gasteiger partial charge is 0.550 e. The average Bonchev–Trinajstić information content (AvgIpc) is 2.87. The Morgan fingerprint density at radius 2 is 1.25 bits per heavy atom. The molecular weight excluding hydrogens is 637 g/mol. The van der Waals surface area contributed by atoms with Crippen LogP contribution in [0.5, 0.6) is 0 Å². The number of aliphatic hydroxyl groups is 8. The molecule has 0 aliphatic rings. The molecule has 0 radical (unpaired) electrons. The van der Waals surface area contributed by atoms with Crippen LogP contribution in [0.2, 0.25) is 0 Å². The van der Waals surface area contributed by atoms with E-state index in [-0.39, 0.29) is 94.7 Å². The number of esters is 2. The van der Waals surface area contributed by atoms with Crippen molar-refractivity contribution >= 4 is 29.8 Å². The zero-order valence-electron chi connectivity index (χ0n) is 24.8. The molecule has 8 N–H and O–H groups in total. The summed E-state index contributed by atoms with van der Waals surface area (Å²) in [5.41, 5.74) is -3.86. The Morgan fingerprint density at radius 3 is 1.64 bits per heavy atom. The van der Waals surface area contributed by atoms with E-state index in [1.807, 2.05) is 0 Å². The van der Waals surface area contributed by atoms with Gasteiger partial charge in [0.1, 0.15) is 36.1 Å². The number of rotatable bonds is 18. The van der Waals surface area contributed by atoms with Crippen molar-refractivity contribution in [1.29, 1.82) is 0 Å². The number of aliphatic hydroxyl groups excluding tert-OH is 8. The quantitative estimate of drug-likeness (QED) is 0.0291. The molecule has 0 rings (SSSR count). The molecule has 0 aromatic heterocycles. The first-order valence-corrected chi connectivity index (χ1v) is 11.4. The molecule has 19 nitrogen and oxygen atoms in total. The molecule has 0 saturated carbocycles. The molecule has 1 unspecified atom stereocenters. The van der Waals surface area contributed by atoms with Crippen LogP contribution in [-0.2, 0) is 38.2 Å². The van der Waals surface area contributed by atoms with Crippen LogP contribution in [0, 0.1) is 0 Å². The third-order valence-corrected chi connectivity index (χ3v) is 5.44. The van der Waals surface area contributed by atoms with Gasteiger partial charge in [-0.2, -0.15) is 0 Å². The summed E-state index contributed by atoms with van der Waals surface area (Å²) in [6, 6.07) is 0. The van der Waals surface area contributed by atoms with E-state index >= 15 is 0 Å². The number of aliphatic carboxylic acids is 3. The van der Waals surface area contributed by atoms with Crippen LogP contribution in [-0.4, -0.2) is 138 Å². The maximum absolute atomic E-state index is 12.7. The van der Waals surface area contributed by atoms with Crippen LogP contribution in [0.25, 0.3) is 0 Å². The summed E-state index contributed by atoms with van der Waals surface area (Å²) < 4.78 is 14.8. The molecule has 22 heteroatoms. The Balaban J connectivity index is -0.00000267. The number of carbonyl (C=O) groups is 5. The van der Waals surface area contributed by atoms with E-state index in [1.54, 1.807) is 0 Å². The molecule has 0 fully saturated rings. The summed E-state index contributed by atoms with van der Waals surface area (Å²) in [6.45, 7) is -0.634. The van der Waals surface area contributed by atoms with Gasteiger partial charge in [0, 0.05) is 24.9 Å². The Bertz CT molecular complexity index is 996. The fourth-order valence-corrected chi connectivity index (χ4v) is 3.17. The minimum Gasteiger partial charge on any atom is -0.550 e. The fourth-order valence-electron chi connectivity index (χ4n) is 3.17. The minimum absolute atomic E-state index is 0. The summed E-state index contributed by atoms with van der Waals surface area (Å²) in [6.07, 6.45) is -19.0. The molecule has 0 aromatic rings. The van der Waals surface area contributed by atoms with Crippen molar-refractivity contribution in [1.82, 2.24) is 0 Å². The van der Waals surface area contributed by atoms with E-state index in [0.29, 0.717) is 13.8 Å². The van der Waals surface area contributed by atoms with E-state index in [9.17, 15) is 75.0 Å². The van der Waals surface area contributed by atoms with Crippen molar-refractivity contribution in [3.63, 3.8) is 0 Å². The van der Waals surface area contributed by atoms with E-state index < -0.39 is 109 Å². The van der Waals surface area contributed by atoms with Gasteiger partial charge < -0.3 is 84.8 Å². The van der Waals surface area contributed by atoms with Crippen molar-refractivity contribution in [2.24, 2.45) is 0 Å². The first kappa shape index (κ1) is 50.6. The molecule has 0 saturated heterocycles. The second-order valence-corrected chi connectivity index (χ2v) is 8.99. The third kappa shape index (κ3) is 15.1. The van der Waals surface area contributed by atoms with Crippen LogP contribution < -0.4 is 104 Å². The number of hydrogen-bond donors (Lipinski definition) is 8. The molecule has 0 aromatic carbocycles. The number of ether oxygens (including phenoxy) is 3. The Hall–Kier alpha value is -0.270. The number of carboxylic acids is 3. The standard InChI is InChI=1S/C22H34O19.3Na/c1-8(4-11(27)28)18(35)39-17(14(32)10(26)7-24)22(3,41-21(2,20(37)38)5-12(29)30)40-19(36)16(34)15(33)13(31)9(25)6-23;;;/h4,9-10,13-17,23-26,31-34H,5-7H2,1-3H3,(H,27,28)(H,29,30)(H,37,38);;;/q;3*+1/p-3/b8-4-;;;/t9-,10-,13-,14-,15+,16-,17+,21?,22+;;;/m1.../s1. The van der Waals surface area contributed by atoms with Gasteiger partial charge >= 0.3 is 101 Å². The van der Waals surface area contributed by atoms with Crippen molar-refractivity contribution in [3.8, 4) is 0 Å². The molecule has 0 amide bonds. The van der Waals surface area contributed by atoms with Crippen molar-refractivity contribution < 1.29 is 183 Å². The van der Waals surface area contributed by atoms with Crippen LogP contribution >= 0.6 is 0 Å². The van der Waals surface area contributed by atoms with Gasteiger partial charge in [0.2, 0.25) is 0 Å². The van der Waals surface area contributed by atoms with Gasteiger partial charge in [-0.15, -0.1) is 0 Å². The number of hydrogen-bond acceptors (Lipinski definition) is 19. The third-order valence-electron chi connectivity index (χ3n) is 5.44. The molecule has 0 bridgehead atoms. The summed E-state index contributed by atoms with van der Waals surface area (Å²) in [7, 11) is 0. The van der Waals surface area contributed by atoms with E-state index in [4.69, 9.17) is 19.3 Å². The van der Waals surface area contributed by atoms with Gasteiger partial charge in [-0.05, 0) is 19.9 Å². The second-order valence-electron chi connectivity index (χ2n) is 8.99. The second kappa shape index (κ2) is 22.3. The van der Waals surface area contributed by atoms with E-state index in [1.165, 1.54) is 0 Å². The van der Waals surface area contributed by atoms with Gasteiger partial charge in [-0.25, -0.2) is 9.59 Å². The minimum atomic E-state index is -3.34. The van der Waals surface area contributed by atoms with Crippen LogP contribution in [0.15, 0.2) is 11.6 Å². The number of carboxylic acid groups (broad SMARTS) is 3. The fraction of sp³-hybridized carbons (Fsp3) is 0.682. The van der Waals surface area contributed by atoms with Crippen molar-refractivity contribution in [2.75, 3.05) is 13.2 Å². The van der Waals surface area contributed by atoms with Gasteiger partial charge in [-0.1, -0.05) is 0 Å². The molecule has 0 spiro atoms. The summed E-state index contributed by atoms with van der Waals surface area (Å²) in [5.74, 6) is -13.5. The average molecular weight is 668 g/mol. The largest absolute Gasteiger partial charge is 1.00 e. The summed E-state index contributed by atoms with van der Waals surface area (Å²) in [5, 5.41) is 112. The predicted octanol–water partition coefficient (Wildman–Crippen LogP) is -18.3. The Labute approximate surface area is 316 Å². The van der Waals surface area contributed by atoms with E-state index in [0.717, 1.165) is 6.92 Å². The molecule has 0 aliphatic heterocycles. The first-order valence-electron chi connectivity index (χ1n) is 11.4. The zero-order valence-corrected chi connectivity index (χ0v) is 30.8. The number of carbonyl (C=O) groups excluding carboxylic acids is 5. The van der Waals surface area contributed by atoms with Crippen LogP contribution in [0.4, 0.5) is 0 Å². The van der Waals surface area contributed by atoms with Crippen molar-refractivity contribution in [2.45, 2.75) is 81.3 Å². The topological polar surface area (TPSA) is 344 Å². The molecule has 0 heterocycles. The van der Waals surface area contributed by atoms with Crippen LogP contribution in [0.3, 0.4) is 0 Å². The van der Waals surface area contributed by atoms with Crippen molar-refractivity contribution in [3.05, 3.63) is 11.6 Å². The monoisotopic (exact) mass is 668 g/mol. The molecule has 236 valence electrons. The SMILES string of the molecule is C/C(=C/C(=O)[O-])C(=O)O[C@@H]([C@H](O)[C@H](O)CO)[C@@](C)(OC(=O)[C@H](O)[C@@H](O)[C@H](O)[C@H](O)CO)OC(C)(CC(=O)[O-])C(=O)[O-].[Na+].[Na+].[Na+]. The zero-order chi connectivity index (χ0) is 32.5. The van der Waals surface area contributed by atoms with Gasteiger partial charge in [0.25, 0.3) is 5.79 Å². The Kier molecular flexibility index (Phi) is 25.7. The molecular formula is C22H31Na3O19. The summed E-state index contributed by atoms with van der Waals surface area (Å²) in [4.78, 5) is 59.1. The first-order chi connectivity index (χ1) is 18.7. The van der Waals surface area contributed by atoms with Gasteiger partial charge in [-0.3, -0.25) is 0 Å². The van der Waals surface area contributed by atoms with Gasteiger partial charge in [0.05, 0.1) is 25.2 Å². The molecule has 44 heavy (non-hydrogen) atoms. The summed E-state index contributed by atoms with van der Waals surface area (Å²) >= 11 is 0. The van der Waals surface area contributed by atoms with Crippen LogP contribution in [0.1, 0.15) is 27.2 Å². The van der Waals surface area contributed by atoms with E-state index in [2.05, 4.69) is 0 Å². The van der Waals surface area contributed by atoms with Gasteiger partial charge in [0.15, 0.2) is 12.2 Å². The molecule has 9 atom stereocenters. The Morgan fingerprint density at radius 1 is 0.795 bits per heavy atom. The predicted molar refractivity (Wildman–Crippen MR) is 117 cm³/mol.